The first-order valence-electron chi connectivity index (χ1n) is 6.38. The molecule has 1 heterocycles. The van der Waals surface area contributed by atoms with E-state index in [4.69, 9.17) is 34.8 Å². The standard InChI is InChI=1S/C15H13Cl3N2OS/c1-20(8-10-2-4-12(17)13(18)6-10)15(21)9-22-14-5-3-11(16)7-19-14/h2-7H,8-9H2,1H3. The summed E-state index contributed by atoms with van der Waals surface area (Å²) in [6.45, 7) is 0.477. The van der Waals surface area contributed by atoms with Gasteiger partial charge in [0, 0.05) is 19.8 Å². The number of nitrogens with zero attached hydrogens (tertiary/aromatic N) is 2. The number of hydrogen-bond donors (Lipinski definition) is 0. The summed E-state index contributed by atoms with van der Waals surface area (Å²) >= 11 is 19.0. The Balaban J connectivity index is 1.88. The molecule has 3 nitrogen and oxygen atoms in total. The van der Waals surface area contributed by atoms with Crippen molar-refractivity contribution in [2.45, 2.75) is 11.6 Å². The Morgan fingerprint density at radius 1 is 1.18 bits per heavy atom. The lowest BCUT2D eigenvalue weighted by Gasteiger charge is -2.17. The van der Waals surface area contributed by atoms with E-state index in [0.717, 1.165) is 10.6 Å². The van der Waals surface area contributed by atoms with E-state index >= 15 is 0 Å². The van der Waals surface area contributed by atoms with Crippen LogP contribution < -0.4 is 0 Å². The van der Waals surface area contributed by atoms with Crippen molar-refractivity contribution in [1.82, 2.24) is 9.88 Å². The Hall–Kier alpha value is -0.940. The van der Waals surface area contributed by atoms with Gasteiger partial charge in [0.05, 0.1) is 25.8 Å². The molecule has 1 aromatic carbocycles. The molecule has 7 heteroatoms. The Morgan fingerprint density at radius 2 is 1.95 bits per heavy atom. The number of amides is 1. The molecule has 22 heavy (non-hydrogen) atoms. The van der Waals surface area contributed by atoms with Crippen molar-refractivity contribution >= 4 is 52.5 Å². The van der Waals surface area contributed by atoms with Crippen LogP contribution >= 0.6 is 46.6 Å². The largest absolute Gasteiger partial charge is 0.341 e. The Kier molecular flexibility index (Phi) is 6.38. The normalized spacial score (nSPS) is 10.5. The van der Waals surface area contributed by atoms with Crippen LogP contribution in [0.2, 0.25) is 15.1 Å². The zero-order chi connectivity index (χ0) is 16.1. The van der Waals surface area contributed by atoms with E-state index in [1.807, 2.05) is 6.07 Å². The van der Waals surface area contributed by atoms with Crippen LogP contribution in [0.1, 0.15) is 5.56 Å². The number of carbonyl (C=O) groups excluding carboxylic acids is 1. The molecule has 0 radical (unpaired) electrons. The number of hydrogen-bond acceptors (Lipinski definition) is 3. The first-order valence-corrected chi connectivity index (χ1v) is 8.50. The summed E-state index contributed by atoms with van der Waals surface area (Å²) in [6.07, 6.45) is 1.56. The molecule has 0 saturated carbocycles. The van der Waals surface area contributed by atoms with Crippen molar-refractivity contribution in [1.29, 1.82) is 0 Å². The van der Waals surface area contributed by atoms with Crippen molar-refractivity contribution in [3.63, 3.8) is 0 Å². The summed E-state index contributed by atoms with van der Waals surface area (Å²) in [5.41, 5.74) is 0.930. The average molecular weight is 376 g/mol. The fourth-order valence-corrected chi connectivity index (χ4v) is 2.91. The van der Waals surface area contributed by atoms with E-state index in [-0.39, 0.29) is 5.91 Å². The molecule has 0 aliphatic carbocycles. The lowest BCUT2D eigenvalue weighted by atomic mass is 10.2. The molecule has 0 spiro atoms. The Labute approximate surface area is 148 Å². The number of pyridine rings is 1. The van der Waals surface area contributed by atoms with Crippen LogP contribution in [-0.4, -0.2) is 28.6 Å². The number of thioether (sulfide) groups is 1. The number of aromatic nitrogens is 1. The third-order valence-corrected chi connectivity index (χ3v) is 4.76. The second kappa shape index (κ2) is 8.06. The summed E-state index contributed by atoms with van der Waals surface area (Å²) < 4.78 is 0. The van der Waals surface area contributed by atoms with Gasteiger partial charge in [-0.3, -0.25) is 4.79 Å². The van der Waals surface area contributed by atoms with E-state index in [0.29, 0.717) is 27.4 Å². The molecule has 2 rings (SSSR count). The molecule has 0 fully saturated rings. The minimum atomic E-state index is 0.00724. The summed E-state index contributed by atoms with van der Waals surface area (Å²) in [7, 11) is 1.75. The molecule has 0 bridgehead atoms. The van der Waals surface area contributed by atoms with E-state index in [1.54, 1.807) is 42.4 Å². The van der Waals surface area contributed by atoms with Crippen LogP contribution in [0, 0.1) is 0 Å². The fourth-order valence-electron chi connectivity index (χ4n) is 1.69. The van der Waals surface area contributed by atoms with Crippen molar-refractivity contribution in [2.75, 3.05) is 12.8 Å². The van der Waals surface area contributed by atoms with Gasteiger partial charge < -0.3 is 4.90 Å². The highest BCUT2D eigenvalue weighted by atomic mass is 35.5. The van der Waals surface area contributed by atoms with Crippen LogP contribution in [0.25, 0.3) is 0 Å². The lowest BCUT2D eigenvalue weighted by molar-refractivity contribution is -0.127. The van der Waals surface area contributed by atoms with E-state index < -0.39 is 0 Å². The van der Waals surface area contributed by atoms with Gasteiger partial charge in [-0.1, -0.05) is 52.6 Å². The van der Waals surface area contributed by atoms with Crippen molar-refractivity contribution in [3.05, 3.63) is 57.2 Å². The van der Waals surface area contributed by atoms with E-state index in [1.165, 1.54) is 11.8 Å². The van der Waals surface area contributed by atoms with Crippen molar-refractivity contribution < 1.29 is 4.79 Å². The number of benzene rings is 1. The summed E-state index contributed by atoms with van der Waals surface area (Å²) in [4.78, 5) is 17.9. The van der Waals surface area contributed by atoms with Crippen LogP contribution in [-0.2, 0) is 11.3 Å². The minimum absolute atomic E-state index is 0.00724. The molecule has 0 saturated heterocycles. The van der Waals surface area contributed by atoms with Gasteiger partial charge in [0.2, 0.25) is 5.91 Å². The first kappa shape index (κ1) is 17.4. The van der Waals surface area contributed by atoms with Gasteiger partial charge >= 0.3 is 0 Å². The van der Waals surface area contributed by atoms with Gasteiger partial charge in [-0.25, -0.2) is 4.98 Å². The van der Waals surface area contributed by atoms with Gasteiger partial charge in [0.25, 0.3) is 0 Å². The topological polar surface area (TPSA) is 33.2 Å². The quantitative estimate of drug-likeness (QED) is 0.704. The summed E-state index contributed by atoms with van der Waals surface area (Å²) in [5, 5.41) is 2.33. The molecule has 1 amide bonds. The van der Waals surface area contributed by atoms with Crippen molar-refractivity contribution in [2.24, 2.45) is 0 Å². The smallest absolute Gasteiger partial charge is 0.233 e. The molecule has 2 aromatic rings. The highest BCUT2D eigenvalue weighted by Gasteiger charge is 2.11. The second-order valence-electron chi connectivity index (χ2n) is 4.60. The maximum Gasteiger partial charge on any atom is 0.233 e. The van der Waals surface area contributed by atoms with Gasteiger partial charge in [-0.15, -0.1) is 0 Å². The predicted octanol–water partition coefficient (Wildman–Crippen LogP) is 4.79. The molecule has 0 N–H and O–H groups in total. The van der Waals surface area contributed by atoms with Crippen LogP contribution in [0.3, 0.4) is 0 Å². The molecule has 0 atom stereocenters. The molecule has 0 aliphatic rings. The van der Waals surface area contributed by atoms with Gasteiger partial charge in [-0.05, 0) is 29.8 Å². The monoisotopic (exact) mass is 374 g/mol. The second-order valence-corrected chi connectivity index (χ2v) is 6.85. The lowest BCUT2D eigenvalue weighted by Crippen LogP contribution is -2.27. The van der Waals surface area contributed by atoms with Gasteiger partial charge in [-0.2, -0.15) is 0 Å². The average Bonchev–Trinajstić information content (AvgIpc) is 2.50. The molecule has 116 valence electrons. The molecule has 0 aliphatic heterocycles. The molecule has 0 unspecified atom stereocenters. The van der Waals surface area contributed by atoms with E-state index in [2.05, 4.69) is 4.98 Å². The number of halogens is 3. The molecular formula is C15H13Cl3N2OS. The summed E-state index contributed by atoms with van der Waals surface area (Å²) in [5.74, 6) is 0.319. The number of rotatable bonds is 5. The third-order valence-electron chi connectivity index (χ3n) is 2.87. The fraction of sp³-hybridized carbons (Fsp3) is 0.200. The third kappa shape index (κ3) is 5.06. The molecular weight excluding hydrogens is 363 g/mol. The van der Waals surface area contributed by atoms with Crippen LogP contribution in [0.4, 0.5) is 0 Å². The highest BCUT2D eigenvalue weighted by molar-refractivity contribution is 7.99. The first-order chi connectivity index (χ1) is 10.5. The van der Waals surface area contributed by atoms with Gasteiger partial charge in [0.1, 0.15) is 0 Å². The highest BCUT2D eigenvalue weighted by Crippen LogP contribution is 2.23. The molecule has 1 aromatic heterocycles. The maximum atomic E-state index is 12.1. The zero-order valence-corrected chi connectivity index (χ0v) is 14.8. The Morgan fingerprint density at radius 3 is 2.59 bits per heavy atom. The minimum Gasteiger partial charge on any atom is -0.341 e. The van der Waals surface area contributed by atoms with Gasteiger partial charge in [0.15, 0.2) is 0 Å². The summed E-state index contributed by atoms with van der Waals surface area (Å²) in [6, 6.07) is 8.89. The van der Waals surface area contributed by atoms with E-state index in [9.17, 15) is 4.79 Å². The van der Waals surface area contributed by atoms with Crippen LogP contribution in [0.5, 0.6) is 0 Å². The Bertz CT molecular complexity index is 664. The maximum absolute atomic E-state index is 12.1. The number of carbonyl (C=O) groups is 1. The van der Waals surface area contributed by atoms with Crippen LogP contribution in [0.15, 0.2) is 41.6 Å². The zero-order valence-electron chi connectivity index (χ0n) is 11.7. The predicted molar refractivity (Wildman–Crippen MR) is 92.9 cm³/mol. The van der Waals surface area contributed by atoms with Crippen molar-refractivity contribution in [3.8, 4) is 0 Å². The SMILES string of the molecule is CN(Cc1ccc(Cl)c(Cl)c1)C(=O)CSc1ccc(Cl)cn1.